The van der Waals surface area contributed by atoms with E-state index in [1.165, 1.54) is 6.07 Å². The van der Waals surface area contributed by atoms with Crippen molar-refractivity contribution in [3.8, 4) is 0 Å². The Hall–Kier alpha value is -0.940. The Kier molecular flexibility index (Phi) is 3.82. The Bertz CT molecular complexity index is 395. The average Bonchev–Trinajstić information content (AvgIpc) is 2.13. The third-order valence-electron chi connectivity index (χ3n) is 2.11. The number of halogens is 2. The molecule has 0 spiro atoms. The number of nitrogens with two attached hydrogens (primary N) is 1. The molecular weight excluding hydrogens is 265 g/mol. The van der Waals surface area contributed by atoms with Crippen molar-refractivity contribution in [2.75, 3.05) is 6.54 Å². The van der Waals surface area contributed by atoms with E-state index < -0.39 is 17.7 Å². The fraction of sp³-hybridized carbons (Fsp3) is 0.300. The number of carboxylic acids is 1. The molecule has 15 heavy (non-hydrogen) atoms. The molecule has 1 aromatic rings. The summed E-state index contributed by atoms with van der Waals surface area (Å²) in [5.41, 5.74) is 6.22. The van der Waals surface area contributed by atoms with Crippen LogP contribution in [0.3, 0.4) is 0 Å². The van der Waals surface area contributed by atoms with Crippen LogP contribution in [0.2, 0.25) is 0 Å². The number of carboxylic acid groups (broad SMARTS) is 1. The molecule has 5 heteroatoms. The smallest absolute Gasteiger partial charge is 0.312 e. The zero-order chi connectivity index (χ0) is 11.6. The Morgan fingerprint density at radius 3 is 2.73 bits per heavy atom. The minimum absolute atomic E-state index is 0.122. The summed E-state index contributed by atoms with van der Waals surface area (Å²) in [6.45, 7) is 1.64. The molecule has 1 unspecified atom stereocenters. The van der Waals surface area contributed by atoms with Gasteiger partial charge in [-0.3, -0.25) is 4.79 Å². The summed E-state index contributed by atoms with van der Waals surface area (Å²) in [6, 6.07) is 3.10. The van der Waals surface area contributed by atoms with Crippen molar-refractivity contribution in [3.05, 3.63) is 33.5 Å². The number of hydrogen-bond donors (Lipinski definition) is 2. The molecule has 1 aromatic carbocycles. The Balaban J connectivity index is 3.28. The van der Waals surface area contributed by atoms with Crippen LogP contribution in [0.5, 0.6) is 0 Å². The molecule has 0 aliphatic rings. The molecule has 0 aliphatic carbocycles. The first-order valence-corrected chi connectivity index (χ1v) is 5.15. The third kappa shape index (κ3) is 2.54. The van der Waals surface area contributed by atoms with Crippen LogP contribution in [0.15, 0.2) is 16.6 Å². The van der Waals surface area contributed by atoms with Gasteiger partial charge in [0.15, 0.2) is 0 Å². The van der Waals surface area contributed by atoms with E-state index >= 15 is 0 Å². The molecule has 0 saturated carbocycles. The lowest BCUT2D eigenvalue weighted by atomic mass is 9.97. The summed E-state index contributed by atoms with van der Waals surface area (Å²) in [7, 11) is 0. The maximum Gasteiger partial charge on any atom is 0.312 e. The maximum atomic E-state index is 13.6. The Morgan fingerprint density at radius 2 is 2.27 bits per heavy atom. The summed E-state index contributed by atoms with van der Waals surface area (Å²) >= 11 is 3.03. The predicted molar refractivity (Wildman–Crippen MR) is 58.3 cm³/mol. The fourth-order valence-corrected chi connectivity index (χ4v) is 1.96. The van der Waals surface area contributed by atoms with Crippen LogP contribution in [-0.2, 0) is 4.79 Å². The van der Waals surface area contributed by atoms with E-state index in [1.807, 2.05) is 0 Å². The largest absolute Gasteiger partial charge is 0.481 e. The molecule has 82 valence electrons. The first-order valence-electron chi connectivity index (χ1n) is 4.35. The first-order chi connectivity index (χ1) is 6.97. The SMILES string of the molecule is Cc1cc(Br)c(F)c(C(CN)C(=O)O)c1. The standard InChI is InChI=1S/C10H11BrFNO2/c1-5-2-6(7(4-13)10(14)15)9(12)8(11)3-5/h2-3,7H,4,13H2,1H3,(H,14,15). The molecule has 0 amide bonds. The van der Waals surface area contributed by atoms with Crippen LogP contribution in [0.1, 0.15) is 17.0 Å². The summed E-state index contributed by atoms with van der Waals surface area (Å²) in [6.07, 6.45) is 0. The van der Waals surface area contributed by atoms with E-state index in [2.05, 4.69) is 15.9 Å². The highest BCUT2D eigenvalue weighted by Gasteiger charge is 2.23. The number of aryl methyl sites for hydroxylation is 1. The number of rotatable bonds is 3. The number of carbonyl (C=O) groups is 1. The Morgan fingerprint density at radius 1 is 1.67 bits per heavy atom. The average molecular weight is 276 g/mol. The van der Waals surface area contributed by atoms with Crippen LogP contribution in [0, 0.1) is 12.7 Å². The Labute approximate surface area is 95.2 Å². The molecule has 1 rings (SSSR count). The van der Waals surface area contributed by atoms with Crippen LogP contribution in [-0.4, -0.2) is 17.6 Å². The lowest BCUT2D eigenvalue weighted by Gasteiger charge is -2.13. The second-order valence-electron chi connectivity index (χ2n) is 3.28. The molecule has 0 radical (unpaired) electrons. The first kappa shape index (κ1) is 12.1. The monoisotopic (exact) mass is 275 g/mol. The second-order valence-corrected chi connectivity index (χ2v) is 4.13. The van der Waals surface area contributed by atoms with E-state index in [1.54, 1.807) is 13.0 Å². The molecule has 0 aromatic heterocycles. The molecule has 3 nitrogen and oxygen atoms in total. The van der Waals surface area contributed by atoms with Crippen LogP contribution in [0.25, 0.3) is 0 Å². The molecule has 0 heterocycles. The molecule has 3 N–H and O–H groups in total. The van der Waals surface area contributed by atoms with Crippen LogP contribution >= 0.6 is 15.9 Å². The van der Waals surface area contributed by atoms with Crippen molar-refractivity contribution in [3.63, 3.8) is 0 Å². The van der Waals surface area contributed by atoms with Gasteiger partial charge in [0, 0.05) is 12.1 Å². The fourth-order valence-electron chi connectivity index (χ4n) is 1.37. The van der Waals surface area contributed by atoms with Gasteiger partial charge in [-0.2, -0.15) is 0 Å². The van der Waals surface area contributed by atoms with Crippen molar-refractivity contribution in [2.24, 2.45) is 5.73 Å². The van der Waals surface area contributed by atoms with Gasteiger partial charge in [-0.05, 0) is 34.5 Å². The number of aliphatic carboxylic acids is 1. The molecule has 0 bridgehead atoms. The minimum Gasteiger partial charge on any atom is -0.481 e. The van der Waals surface area contributed by atoms with E-state index in [0.717, 1.165) is 5.56 Å². The van der Waals surface area contributed by atoms with Crippen molar-refractivity contribution in [2.45, 2.75) is 12.8 Å². The lowest BCUT2D eigenvalue weighted by Crippen LogP contribution is -2.22. The van der Waals surface area contributed by atoms with Crippen molar-refractivity contribution in [1.29, 1.82) is 0 Å². The second kappa shape index (κ2) is 4.72. The molecule has 0 fully saturated rings. The predicted octanol–water partition coefficient (Wildman–Crippen LogP) is 2.02. The van der Waals surface area contributed by atoms with Gasteiger partial charge in [-0.1, -0.05) is 6.07 Å². The van der Waals surface area contributed by atoms with E-state index in [0.29, 0.717) is 0 Å². The van der Waals surface area contributed by atoms with E-state index in [4.69, 9.17) is 10.8 Å². The highest BCUT2D eigenvalue weighted by molar-refractivity contribution is 9.10. The third-order valence-corrected chi connectivity index (χ3v) is 2.69. The quantitative estimate of drug-likeness (QED) is 0.887. The van der Waals surface area contributed by atoms with Gasteiger partial charge < -0.3 is 10.8 Å². The normalized spacial score (nSPS) is 12.5. The van der Waals surface area contributed by atoms with Gasteiger partial charge in [0.05, 0.1) is 10.4 Å². The highest BCUT2D eigenvalue weighted by atomic mass is 79.9. The van der Waals surface area contributed by atoms with Crippen molar-refractivity contribution >= 4 is 21.9 Å². The molecular formula is C10H11BrFNO2. The topological polar surface area (TPSA) is 63.3 Å². The van der Waals surface area contributed by atoms with Crippen LogP contribution in [0.4, 0.5) is 4.39 Å². The summed E-state index contributed by atoms with van der Waals surface area (Å²) in [4.78, 5) is 10.8. The number of hydrogen-bond acceptors (Lipinski definition) is 2. The summed E-state index contributed by atoms with van der Waals surface area (Å²) in [5, 5.41) is 8.87. The van der Waals surface area contributed by atoms with Crippen molar-refractivity contribution < 1.29 is 14.3 Å². The lowest BCUT2D eigenvalue weighted by molar-refractivity contribution is -0.138. The van der Waals surface area contributed by atoms with Gasteiger partial charge >= 0.3 is 5.97 Å². The van der Waals surface area contributed by atoms with E-state index in [-0.39, 0.29) is 16.6 Å². The minimum atomic E-state index is -1.12. The van der Waals surface area contributed by atoms with Gasteiger partial charge in [0.25, 0.3) is 0 Å². The molecule has 0 aliphatic heterocycles. The van der Waals surface area contributed by atoms with Gasteiger partial charge in [-0.25, -0.2) is 4.39 Å². The number of benzene rings is 1. The van der Waals surface area contributed by atoms with Gasteiger partial charge in [0.2, 0.25) is 0 Å². The molecule has 1 atom stereocenters. The summed E-state index contributed by atoms with van der Waals surface area (Å²) < 4.78 is 13.9. The van der Waals surface area contributed by atoms with Gasteiger partial charge in [0.1, 0.15) is 5.82 Å². The van der Waals surface area contributed by atoms with Crippen molar-refractivity contribution in [1.82, 2.24) is 0 Å². The summed E-state index contributed by atoms with van der Waals surface area (Å²) in [5.74, 6) is -2.67. The zero-order valence-corrected chi connectivity index (χ0v) is 9.71. The highest BCUT2D eigenvalue weighted by Crippen LogP contribution is 2.26. The van der Waals surface area contributed by atoms with Gasteiger partial charge in [-0.15, -0.1) is 0 Å². The maximum absolute atomic E-state index is 13.6. The van der Waals surface area contributed by atoms with E-state index in [9.17, 15) is 9.18 Å². The zero-order valence-electron chi connectivity index (χ0n) is 8.13. The molecule has 0 saturated heterocycles. The van der Waals surface area contributed by atoms with Crippen LogP contribution < -0.4 is 5.73 Å².